The van der Waals surface area contributed by atoms with Gasteiger partial charge in [-0.1, -0.05) is 30.3 Å². The Morgan fingerprint density at radius 2 is 2.00 bits per heavy atom. The van der Waals surface area contributed by atoms with Crippen molar-refractivity contribution in [1.82, 2.24) is 5.32 Å². The second-order valence-corrected chi connectivity index (χ2v) is 3.61. The van der Waals surface area contributed by atoms with Crippen LogP contribution in [0.1, 0.15) is 12.0 Å². The van der Waals surface area contributed by atoms with Gasteiger partial charge in [-0.3, -0.25) is 4.79 Å². The highest BCUT2D eigenvalue weighted by atomic mass is 16.4. The summed E-state index contributed by atoms with van der Waals surface area (Å²) in [6, 6.07) is 8.91. The molecule has 4 nitrogen and oxygen atoms in total. The second-order valence-electron chi connectivity index (χ2n) is 3.61. The van der Waals surface area contributed by atoms with E-state index in [9.17, 15) is 4.79 Å². The van der Waals surface area contributed by atoms with Crippen LogP contribution in [0.4, 0.5) is 0 Å². The first-order valence-electron chi connectivity index (χ1n) is 5.35. The lowest BCUT2D eigenvalue weighted by molar-refractivity contribution is -0.139. The number of hydrogen-bond acceptors (Lipinski definition) is 3. The van der Waals surface area contributed by atoms with Gasteiger partial charge in [-0.25, -0.2) is 0 Å². The largest absolute Gasteiger partial charge is 0.480 e. The summed E-state index contributed by atoms with van der Waals surface area (Å²) in [6.45, 7) is 0.588. The first-order chi connectivity index (χ1) is 7.74. The molecule has 0 aromatic heterocycles. The monoisotopic (exact) mass is 223 g/mol. The topological polar surface area (TPSA) is 69.6 Å². The summed E-state index contributed by atoms with van der Waals surface area (Å²) in [7, 11) is 0. The van der Waals surface area contributed by atoms with Crippen molar-refractivity contribution in [3.05, 3.63) is 35.9 Å². The molecule has 1 rings (SSSR count). The Balaban J connectivity index is 2.48. The molecule has 16 heavy (non-hydrogen) atoms. The Morgan fingerprint density at radius 1 is 1.31 bits per heavy atom. The zero-order valence-electron chi connectivity index (χ0n) is 9.10. The molecule has 0 radical (unpaired) electrons. The number of carbonyl (C=O) groups is 1. The summed E-state index contributed by atoms with van der Waals surface area (Å²) in [5.41, 5.74) is 0.992. The Hall–Kier alpha value is -1.39. The van der Waals surface area contributed by atoms with Gasteiger partial charge in [0.2, 0.25) is 0 Å². The van der Waals surface area contributed by atoms with Crippen LogP contribution in [0.3, 0.4) is 0 Å². The quantitative estimate of drug-likeness (QED) is 0.594. The first-order valence-corrected chi connectivity index (χ1v) is 5.35. The van der Waals surface area contributed by atoms with Gasteiger partial charge in [0.15, 0.2) is 0 Å². The highest BCUT2D eigenvalue weighted by molar-refractivity contribution is 5.73. The van der Waals surface area contributed by atoms with Gasteiger partial charge in [0, 0.05) is 6.61 Å². The van der Waals surface area contributed by atoms with E-state index in [1.807, 2.05) is 30.3 Å². The van der Waals surface area contributed by atoms with Crippen LogP contribution < -0.4 is 5.32 Å². The van der Waals surface area contributed by atoms with E-state index < -0.39 is 12.0 Å². The van der Waals surface area contributed by atoms with Crippen LogP contribution in [0.25, 0.3) is 0 Å². The van der Waals surface area contributed by atoms with Crippen LogP contribution in [-0.2, 0) is 11.2 Å². The molecule has 0 amide bonds. The van der Waals surface area contributed by atoms with Gasteiger partial charge < -0.3 is 15.5 Å². The molecule has 0 spiro atoms. The Labute approximate surface area is 94.9 Å². The molecule has 3 N–H and O–H groups in total. The fourth-order valence-corrected chi connectivity index (χ4v) is 1.45. The molecule has 0 fully saturated rings. The van der Waals surface area contributed by atoms with Crippen molar-refractivity contribution in [3.63, 3.8) is 0 Å². The molecule has 0 aliphatic carbocycles. The highest BCUT2D eigenvalue weighted by Crippen LogP contribution is 2.03. The smallest absolute Gasteiger partial charge is 0.321 e. The normalized spacial score (nSPS) is 12.3. The first kappa shape index (κ1) is 12.7. The average molecular weight is 223 g/mol. The summed E-state index contributed by atoms with van der Waals surface area (Å²) < 4.78 is 0. The zero-order chi connectivity index (χ0) is 11.8. The van der Waals surface area contributed by atoms with Crippen molar-refractivity contribution in [3.8, 4) is 0 Å². The molecular weight excluding hydrogens is 206 g/mol. The Kier molecular flexibility index (Phi) is 5.53. The van der Waals surface area contributed by atoms with Crippen LogP contribution in [0.5, 0.6) is 0 Å². The Morgan fingerprint density at radius 3 is 2.56 bits per heavy atom. The SMILES string of the molecule is O=C(O)[C@H](Cc1ccccc1)NCCCO. The van der Waals surface area contributed by atoms with E-state index in [-0.39, 0.29) is 6.61 Å². The van der Waals surface area contributed by atoms with E-state index in [1.165, 1.54) is 0 Å². The maximum absolute atomic E-state index is 11.0. The maximum Gasteiger partial charge on any atom is 0.321 e. The highest BCUT2D eigenvalue weighted by Gasteiger charge is 2.16. The molecule has 0 aliphatic heterocycles. The van der Waals surface area contributed by atoms with E-state index in [1.54, 1.807) is 0 Å². The summed E-state index contributed by atoms with van der Waals surface area (Å²) in [5, 5.41) is 20.5. The van der Waals surface area contributed by atoms with Crippen LogP contribution in [0, 0.1) is 0 Å². The van der Waals surface area contributed by atoms with Crippen molar-refractivity contribution in [2.24, 2.45) is 0 Å². The standard InChI is InChI=1S/C12H17NO3/c14-8-4-7-13-11(12(15)16)9-10-5-2-1-3-6-10/h1-3,5-6,11,13-14H,4,7-9H2,(H,15,16)/t11-/m0/s1. The van der Waals surface area contributed by atoms with Gasteiger partial charge >= 0.3 is 5.97 Å². The fraction of sp³-hybridized carbons (Fsp3) is 0.417. The van der Waals surface area contributed by atoms with Crippen LogP contribution in [-0.4, -0.2) is 35.4 Å². The fourth-order valence-electron chi connectivity index (χ4n) is 1.45. The molecule has 88 valence electrons. The van der Waals surface area contributed by atoms with E-state index >= 15 is 0 Å². The number of carboxylic acids is 1. The number of aliphatic hydroxyl groups excluding tert-OH is 1. The lowest BCUT2D eigenvalue weighted by Crippen LogP contribution is -2.39. The van der Waals surface area contributed by atoms with Gasteiger partial charge in [0.1, 0.15) is 6.04 Å². The summed E-state index contributed by atoms with van der Waals surface area (Å²) in [6.07, 6.45) is 1.03. The van der Waals surface area contributed by atoms with Gasteiger partial charge in [-0.05, 0) is 24.9 Å². The number of hydrogen-bond donors (Lipinski definition) is 3. The lowest BCUT2D eigenvalue weighted by Gasteiger charge is -2.13. The van der Waals surface area contributed by atoms with Crippen LogP contribution >= 0.6 is 0 Å². The van der Waals surface area contributed by atoms with E-state index in [2.05, 4.69) is 5.32 Å². The second kappa shape index (κ2) is 6.98. The average Bonchev–Trinajstić information content (AvgIpc) is 2.29. The number of benzene rings is 1. The summed E-state index contributed by atoms with van der Waals surface area (Å²) in [5.74, 6) is -0.859. The molecular formula is C12H17NO3. The third-order valence-electron chi connectivity index (χ3n) is 2.31. The molecule has 1 aromatic carbocycles. The minimum Gasteiger partial charge on any atom is -0.480 e. The van der Waals surface area contributed by atoms with Gasteiger partial charge in [0.25, 0.3) is 0 Å². The van der Waals surface area contributed by atoms with E-state index in [0.717, 1.165) is 5.56 Å². The van der Waals surface area contributed by atoms with Gasteiger partial charge in [-0.15, -0.1) is 0 Å². The van der Waals surface area contributed by atoms with Gasteiger partial charge in [-0.2, -0.15) is 0 Å². The number of nitrogens with one attached hydrogen (secondary N) is 1. The number of rotatable bonds is 7. The maximum atomic E-state index is 11.0. The molecule has 1 aromatic rings. The third kappa shape index (κ3) is 4.42. The summed E-state index contributed by atoms with van der Waals surface area (Å²) >= 11 is 0. The molecule has 0 bridgehead atoms. The van der Waals surface area contributed by atoms with E-state index in [0.29, 0.717) is 19.4 Å². The molecule has 0 unspecified atom stereocenters. The number of aliphatic carboxylic acids is 1. The zero-order valence-corrected chi connectivity index (χ0v) is 9.10. The van der Waals surface area contributed by atoms with Crippen molar-refractivity contribution >= 4 is 5.97 Å². The van der Waals surface area contributed by atoms with Crippen molar-refractivity contribution in [2.45, 2.75) is 18.9 Å². The van der Waals surface area contributed by atoms with Gasteiger partial charge in [0.05, 0.1) is 0 Å². The lowest BCUT2D eigenvalue weighted by atomic mass is 10.1. The molecule has 0 aliphatic rings. The molecule has 0 saturated carbocycles. The molecule has 0 heterocycles. The number of carboxylic acid groups (broad SMARTS) is 1. The van der Waals surface area contributed by atoms with Crippen LogP contribution in [0.15, 0.2) is 30.3 Å². The van der Waals surface area contributed by atoms with Crippen molar-refractivity contribution < 1.29 is 15.0 Å². The number of aliphatic hydroxyl groups is 1. The molecule has 0 saturated heterocycles. The minimum atomic E-state index is -0.859. The predicted octanol–water partition coefficient (Wildman–Crippen LogP) is 0.654. The molecule has 4 heteroatoms. The van der Waals surface area contributed by atoms with E-state index in [4.69, 9.17) is 10.2 Å². The Bertz CT molecular complexity index is 313. The van der Waals surface area contributed by atoms with Crippen LogP contribution in [0.2, 0.25) is 0 Å². The molecule has 1 atom stereocenters. The van der Waals surface area contributed by atoms with Crippen molar-refractivity contribution in [1.29, 1.82) is 0 Å². The predicted molar refractivity (Wildman–Crippen MR) is 61.3 cm³/mol. The minimum absolute atomic E-state index is 0.0741. The summed E-state index contributed by atoms with van der Waals surface area (Å²) in [4.78, 5) is 11.0. The van der Waals surface area contributed by atoms with Crippen molar-refractivity contribution in [2.75, 3.05) is 13.2 Å². The third-order valence-corrected chi connectivity index (χ3v) is 2.31.